The Bertz CT molecular complexity index is 504. The predicted molar refractivity (Wildman–Crippen MR) is 84.5 cm³/mol. The molecule has 0 aromatic heterocycles. The molecule has 20 heavy (non-hydrogen) atoms. The smallest absolute Gasteiger partial charge is 0.346 e. The Morgan fingerprint density at radius 1 is 0.900 bits per heavy atom. The molecule has 0 aliphatic heterocycles. The number of rotatable bonds is 0. The Balaban J connectivity index is 0. The molecule has 0 aliphatic carbocycles. The maximum absolute atomic E-state index is 3.92. The predicted octanol–water partition coefficient (Wildman–Crippen LogP) is 4.93. The van der Waals surface area contributed by atoms with Crippen LogP contribution in [-0.2, 0) is 32.7 Å². The number of hydrogen-bond donors (Lipinski definition) is 0. The molecule has 0 atom stereocenters. The van der Waals surface area contributed by atoms with Gasteiger partial charge in [-0.05, 0) is 0 Å². The zero-order chi connectivity index (χ0) is 14.5. The van der Waals surface area contributed by atoms with Crippen molar-refractivity contribution in [3.8, 4) is 11.8 Å². The van der Waals surface area contributed by atoms with E-state index >= 15 is 0 Å². The summed E-state index contributed by atoms with van der Waals surface area (Å²) in [5, 5.41) is 0. The van der Waals surface area contributed by atoms with Gasteiger partial charge in [-0.25, -0.2) is 5.92 Å². The average molecular weight is 338 g/mol. The largest absolute Gasteiger partial charge is 3.00 e. The molecule has 0 bridgehead atoms. The van der Waals surface area contributed by atoms with Crippen LogP contribution >= 0.6 is 0 Å². The van der Waals surface area contributed by atoms with Crippen LogP contribution in [0.2, 0.25) is 0 Å². The second-order valence-electron chi connectivity index (χ2n) is 3.18. The molecule has 2 aromatic rings. The van der Waals surface area contributed by atoms with Crippen molar-refractivity contribution >= 4 is 0 Å². The first-order valence-corrected chi connectivity index (χ1v) is 6.47. The van der Waals surface area contributed by atoms with E-state index in [4.69, 9.17) is 0 Å². The average Bonchev–Trinajstić information content (AvgIpc) is 2.52. The van der Waals surface area contributed by atoms with Crippen LogP contribution in [0.5, 0.6) is 0 Å². The van der Waals surface area contributed by atoms with Crippen molar-refractivity contribution < 1.29 is 32.7 Å². The molecule has 0 amide bonds. The fraction of sp³-hybridized carbons (Fsp3) is 0.158. The standard InChI is InChI=1S/C15H10.C2H6.C2H5.Y/c1-13-7-5-6-10-15(13)12-11-14-8-3-2-4-9-14;2*1-2;/h2-8,10H,1H2;1-2H3;1H2,2H3;/q-2;;-1;+3. The zero-order valence-corrected chi connectivity index (χ0v) is 15.4. The molecule has 2 aromatic carbocycles. The molecule has 0 heterocycles. The molecule has 100 valence electrons. The molecule has 0 nitrogen and oxygen atoms in total. The van der Waals surface area contributed by atoms with Gasteiger partial charge in [0.15, 0.2) is 0 Å². The normalized spacial score (nSPS) is 7.40. The van der Waals surface area contributed by atoms with Crippen LogP contribution < -0.4 is 0 Å². The van der Waals surface area contributed by atoms with E-state index in [9.17, 15) is 0 Å². The summed E-state index contributed by atoms with van der Waals surface area (Å²) in [5.74, 6) is 6.14. The van der Waals surface area contributed by atoms with Crippen molar-refractivity contribution in [2.45, 2.75) is 20.8 Å². The van der Waals surface area contributed by atoms with E-state index in [-0.39, 0.29) is 32.7 Å². The molecule has 0 N–H and O–H groups in total. The molecular weight excluding hydrogens is 317 g/mol. The maximum atomic E-state index is 3.92. The molecule has 2 rings (SSSR count). The van der Waals surface area contributed by atoms with Gasteiger partial charge in [0.2, 0.25) is 0 Å². The van der Waals surface area contributed by atoms with Crippen molar-refractivity contribution in [3.05, 3.63) is 85.1 Å². The Labute approximate surface area is 149 Å². The fourth-order valence-corrected chi connectivity index (χ4v) is 1.25. The van der Waals surface area contributed by atoms with Crippen molar-refractivity contribution in [3.63, 3.8) is 0 Å². The zero-order valence-electron chi connectivity index (χ0n) is 12.6. The van der Waals surface area contributed by atoms with Gasteiger partial charge in [0.25, 0.3) is 0 Å². The van der Waals surface area contributed by atoms with Gasteiger partial charge in [-0.3, -0.25) is 0 Å². The third-order valence-electron chi connectivity index (χ3n) is 2.06. The summed E-state index contributed by atoms with van der Waals surface area (Å²) in [4.78, 5) is 0. The summed E-state index contributed by atoms with van der Waals surface area (Å²) in [6, 6.07) is 18.6. The first-order valence-electron chi connectivity index (χ1n) is 6.47. The van der Waals surface area contributed by atoms with Crippen molar-refractivity contribution in [2.24, 2.45) is 0 Å². The summed E-state index contributed by atoms with van der Waals surface area (Å²) in [6.07, 6.45) is 0. The van der Waals surface area contributed by atoms with Gasteiger partial charge in [-0.15, -0.1) is 48.0 Å². The third-order valence-corrected chi connectivity index (χ3v) is 2.06. The van der Waals surface area contributed by atoms with Gasteiger partial charge in [0, 0.05) is 0 Å². The van der Waals surface area contributed by atoms with Crippen LogP contribution in [0.25, 0.3) is 0 Å². The van der Waals surface area contributed by atoms with Crippen molar-refractivity contribution in [1.29, 1.82) is 0 Å². The minimum Gasteiger partial charge on any atom is -0.346 e. The van der Waals surface area contributed by atoms with Crippen molar-refractivity contribution in [1.82, 2.24) is 0 Å². The molecule has 0 unspecified atom stereocenters. The monoisotopic (exact) mass is 338 g/mol. The van der Waals surface area contributed by atoms with Crippen LogP contribution in [0.15, 0.2) is 48.5 Å². The first kappa shape index (κ1) is 21.3. The molecule has 1 heteroatoms. The van der Waals surface area contributed by atoms with Gasteiger partial charge >= 0.3 is 32.7 Å². The third kappa shape index (κ3) is 8.21. The van der Waals surface area contributed by atoms with Crippen LogP contribution in [0.4, 0.5) is 0 Å². The fourth-order valence-electron chi connectivity index (χ4n) is 1.25. The molecule has 0 radical (unpaired) electrons. The Hall–Kier alpha value is -1.03. The molecule has 0 fully saturated rings. The first-order chi connectivity index (χ1) is 9.36. The molecule has 0 saturated carbocycles. The van der Waals surface area contributed by atoms with E-state index in [1.807, 2.05) is 62.4 Å². The van der Waals surface area contributed by atoms with Gasteiger partial charge in [-0.2, -0.15) is 31.4 Å². The molecular formula is C19H21Y. The van der Waals surface area contributed by atoms with E-state index in [0.29, 0.717) is 0 Å². The Kier molecular flexibility index (Phi) is 15.3. The minimum absolute atomic E-state index is 0. The second kappa shape index (κ2) is 14.4. The van der Waals surface area contributed by atoms with Crippen LogP contribution in [-0.4, -0.2) is 0 Å². The van der Waals surface area contributed by atoms with Crippen LogP contribution in [0.1, 0.15) is 37.5 Å². The quantitative estimate of drug-likeness (QED) is 0.472. The Morgan fingerprint density at radius 2 is 1.50 bits per heavy atom. The van der Waals surface area contributed by atoms with Crippen molar-refractivity contribution in [2.75, 3.05) is 0 Å². The summed E-state index contributed by atoms with van der Waals surface area (Å²) >= 11 is 0. The van der Waals surface area contributed by atoms with Gasteiger partial charge in [-0.1, -0.05) is 25.5 Å². The van der Waals surface area contributed by atoms with E-state index in [1.54, 1.807) is 6.92 Å². The maximum Gasteiger partial charge on any atom is 3.00 e. The number of hydrogen-bond acceptors (Lipinski definition) is 0. The molecule has 0 spiro atoms. The van der Waals surface area contributed by atoms with Crippen LogP contribution in [0, 0.1) is 31.8 Å². The van der Waals surface area contributed by atoms with Crippen LogP contribution in [0.3, 0.4) is 0 Å². The summed E-state index contributed by atoms with van der Waals surface area (Å²) in [6.45, 7) is 12.9. The van der Waals surface area contributed by atoms with Gasteiger partial charge in [0.05, 0.1) is 0 Å². The summed E-state index contributed by atoms with van der Waals surface area (Å²) in [5.41, 5.74) is 2.83. The van der Waals surface area contributed by atoms with E-state index in [2.05, 4.69) is 31.8 Å². The summed E-state index contributed by atoms with van der Waals surface area (Å²) in [7, 11) is 0. The summed E-state index contributed by atoms with van der Waals surface area (Å²) < 4.78 is 0. The number of benzene rings is 2. The minimum atomic E-state index is 0. The van der Waals surface area contributed by atoms with E-state index < -0.39 is 0 Å². The SMILES string of the molecule is CC.[CH2-]C.[CH2-]c1ccccc1C#Cc1[c-]cccc1.[Y+3]. The van der Waals surface area contributed by atoms with Gasteiger partial charge in [0.1, 0.15) is 0 Å². The second-order valence-corrected chi connectivity index (χ2v) is 3.18. The van der Waals surface area contributed by atoms with Gasteiger partial charge < -0.3 is 6.92 Å². The topological polar surface area (TPSA) is 0 Å². The Morgan fingerprint density at radius 3 is 2.05 bits per heavy atom. The molecule has 0 saturated heterocycles. The van der Waals surface area contributed by atoms with E-state index in [1.165, 1.54) is 0 Å². The molecule has 0 aliphatic rings. The van der Waals surface area contributed by atoms with E-state index in [0.717, 1.165) is 16.7 Å².